The van der Waals surface area contributed by atoms with Gasteiger partial charge in [0.1, 0.15) is 23.7 Å². The van der Waals surface area contributed by atoms with Crippen LogP contribution in [-0.2, 0) is 8.85 Å². The Morgan fingerprint density at radius 1 is 0.524 bits per heavy atom. The zero-order valence-corrected chi connectivity index (χ0v) is 50.2. The first kappa shape index (κ1) is 53.7. The number of carbonyl (C=O) groups is 4. The number of nitrogens with one attached hydrogen (secondary N) is 4. The van der Waals surface area contributed by atoms with Crippen LogP contribution in [0.3, 0.4) is 0 Å². The number of allylic oxidation sites excluding steroid dienone is 1. The summed E-state index contributed by atoms with van der Waals surface area (Å²) in [4.78, 5) is 60.5. The number of ether oxygens (including phenoxy) is 2. The number of carbonyl (C=O) groups excluding carboxylic acids is 4. The molecule has 0 unspecified atom stereocenters. The van der Waals surface area contributed by atoms with Gasteiger partial charge in [-0.15, -0.1) is 0 Å². The highest BCUT2D eigenvalue weighted by Crippen LogP contribution is 2.51. The van der Waals surface area contributed by atoms with E-state index < -0.39 is 52.8 Å². The van der Waals surface area contributed by atoms with Crippen molar-refractivity contribution in [3.63, 3.8) is 0 Å². The Labute approximate surface area is 475 Å². The maximum Gasteiger partial charge on any atom is 0.259 e. The number of aromatic nitrogens is 4. The van der Waals surface area contributed by atoms with E-state index in [1.54, 1.807) is 14.2 Å². The predicted octanol–water partition coefficient (Wildman–Crippen LogP) is 12.6. The van der Waals surface area contributed by atoms with Crippen LogP contribution >= 0.6 is 0 Å². The molecular formula is C64H68N6O10Si2. The van der Waals surface area contributed by atoms with Crippen molar-refractivity contribution in [2.45, 2.75) is 127 Å². The molecule has 6 atom stereocenters. The van der Waals surface area contributed by atoms with Crippen molar-refractivity contribution in [2.24, 2.45) is 0 Å². The average Bonchev–Trinajstić information content (AvgIpc) is 1.68. The van der Waals surface area contributed by atoms with Crippen molar-refractivity contribution in [3.8, 4) is 11.5 Å². The number of imide groups is 2. The molecule has 6 N–H and O–H groups in total. The zero-order valence-electron chi connectivity index (χ0n) is 48.2. The molecule has 4 aliphatic rings. The number of H-pyrrole nitrogens is 2. The first-order valence-corrected chi connectivity index (χ1v) is 33.9. The smallest absolute Gasteiger partial charge is 0.259 e. The summed E-state index contributed by atoms with van der Waals surface area (Å²) in [6.07, 6.45) is 2.90. The highest BCUT2D eigenvalue weighted by atomic mass is 28.4. The van der Waals surface area contributed by atoms with Crippen LogP contribution in [0.1, 0.15) is 108 Å². The lowest BCUT2D eigenvalue weighted by Crippen LogP contribution is -2.46. The third-order valence-corrected chi connectivity index (χ3v) is 28.0. The predicted molar refractivity (Wildman–Crippen MR) is 327 cm³/mol. The Morgan fingerprint density at radius 2 is 0.963 bits per heavy atom. The van der Waals surface area contributed by atoms with Gasteiger partial charge < -0.3 is 47.6 Å². The molecule has 0 bridgehead atoms. The summed E-state index contributed by atoms with van der Waals surface area (Å²) in [7, 11) is -1.01. The van der Waals surface area contributed by atoms with Crippen LogP contribution in [-0.4, -0.2) is 108 Å². The lowest BCUT2D eigenvalue weighted by Gasteiger charge is -2.39. The Morgan fingerprint density at radius 3 is 1.44 bits per heavy atom. The second kappa shape index (κ2) is 18.5. The van der Waals surface area contributed by atoms with Crippen molar-refractivity contribution in [1.82, 2.24) is 29.7 Å². The first-order valence-electron chi connectivity index (χ1n) is 28.1. The normalized spacial score (nSPS) is 21.3. The van der Waals surface area contributed by atoms with Crippen LogP contribution in [0, 0.1) is 0 Å². The van der Waals surface area contributed by atoms with E-state index in [4.69, 9.17) is 18.3 Å². The van der Waals surface area contributed by atoms with Gasteiger partial charge in [-0.25, -0.2) is 0 Å². The van der Waals surface area contributed by atoms with Gasteiger partial charge >= 0.3 is 0 Å². The minimum atomic E-state index is -2.26. The van der Waals surface area contributed by atoms with Crippen molar-refractivity contribution >= 4 is 127 Å². The van der Waals surface area contributed by atoms with Crippen LogP contribution in [0.2, 0.25) is 36.3 Å². The lowest BCUT2D eigenvalue weighted by atomic mass is 9.96. The van der Waals surface area contributed by atoms with Gasteiger partial charge in [0.25, 0.3) is 23.6 Å². The van der Waals surface area contributed by atoms with Gasteiger partial charge in [-0.2, -0.15) is 0 Å². The van der Waals surface area contributed by atoms with Crippen LogP contribution in [0.25, 0.3) is 87.2 Å². The van der Waals surface area contributed by atoms with Gasteiger partial charge in [0.15, 0.2) is 16.6 Å². The molecular weight excluding hydrogens is 1070 g/mol. The minimum Gasteiger partial charge on any atom is -0.497 e. The molecule has 6 heterocycles. The molecule has 10 aromatic rings. The molecule has 4 amide bonds. The highest BCUT2D eigenvalue weighted by Gasteiger charge is 2.50. The molecule has 1 saturated carbocycles. The highest BCUT2D eigenvalue weighted by molar-refractivity contribution is 6.74. The quantitative estimate of drug-likeness (QED) is 0.0481. The standard InChI is InChI=1S/C32H35N3O6Si.C32H33N3O4Si/c1-32(2,3)42(5,6)41-21-14-20(28(36)29(21)37)35-19-10-8-7-9-16(19)23-25-24(30(38)34-31(25)39)22-17-13-15(40-4)11-12-18(17)33-26(22)27(23)35;1-32(2,3)40(5,6)39-19-12-11-17(15-19)35-23-10-8-7-9-20(23)25-27-26(30(36)34-31(27)37)24-21-16-18(38-4)13-14-22(21)33-28(24)29(25)35/h7-13,20-21,28-29,33,36-37H,14H2,1-6H3,(H,34,38,39);7-14,16-17,19,33H,15H2,1-6H3,(H,34,36,37)/t20-,21+,28+,29-;17-,19+/m10/s1. The number of amides is 4. The van der Waals surface area contributed by atoms with Crippen LogP contribution in [0.4, 0.5) is 0 Å². The number of fused-ring (bicyclic) bond motifs is 20. The summed E-state index contributed by atoms with van der Waals surface area (Å²) in [5.41, 5.74) is 8.19. The minimum absolute atomic E-state index is 0.0175. The molecule has 16 nitrogen and oxygen atoms in total. The summed E-state index contributed by atoms with van der Waals surface area (Å²) < 4.78 is 28.8. The molecule has 14 rings (SSSR count). The maximum atomic E-state index is 13.4. The average molecular weight is 1140 g/mol. The van der Waals surface area contributed by atoms with E-state index in [0.717, 1.165) is 71.8 Å². The van der Waals surface area contributed by atoms with Crippen LogP contribution in [0.15, 0.2) is 97.1 Å². The molecule has 0 saturated heterocycles. The monoisotopic (exact) mass is 1140 g/mol. The van der Waals surface area contributed by atoms with E-state index >= 15 is 0 Å². The van der Waals surface area contributed by atoms with Gasteiger partial charge in [-0.1, -0.05) is 90.1 Å². The van der Waals surface area contributed by atoms with E-state index in [9.17, 15) is 29.4 Å². The Kier molecular flexibility index (Phi) is 12.1. The summed E-state index contributed by atoms with van der Waals surface area (Å²) >= 11 is 0. The molecule has 2 aliphatic carbocycles. The topological polar surface area (TPSA) is 211 Å². The molecule has 0 radical (unpaired) electrons. The molecule has 18 heteroatoms. The Bertz CT molecular complexity index is 4470. The van der Waals surface area contributed by atoms with Gasteiger partial charge in [0, 0.05) is 71.6 Å². The SMILES string of the molecule is COc1ccc2[nH]c3c(c4c(c5c6ccccc6n([C@@H]6C[C@H](O[Si](C)(C)C(C)(C)C)[C@@H](O)[C@H]6O)c35)C(=O)NC4=O)c2c1.COc1ccc2[nH]c3c(c4c(c5c6ccccc6n([C@H]6C=C[C@@H](O[Si](C)(C)C(C)(C)C)C6)c35)C(=O)NC4=O)c2c1. The number of hydrogen-bond donors (Lipinski definition) is 6. The van der Waals surface area contributed by atoms with E-state index in [1.807, 2.05) is 83.4 Å². The fourth-order valence-electron chi connectivity index (χ4n) is 12.9. The maximum absolute atomic E-state index is 13.4. The van der Waals surface area contributed by atoms with Gasteiger partial charge in [0.05, 0.1) is 82.8 Å². The number of aliphatic hydroxyl groups excluding tert-OH is 2. The van der Waals surface area contributed by atoms with E-state index in [2.05, 4.69) is 111 Å². The fourth-order valence-corrected chi connectivity index (χ4v) is 15.6. The number of nitrogens with zero attached hydrogens (tertiary/aromatic N) is 2. The van der Waals surface area contributed by atoms with E-state index in [1.165, 1.54) is 0 Å². The molecule has 0 spiro atoms. The van der Waals surface area contributed by atoms with E-state index in [-0.39, 0.29) is 34.0 Å². The van der Waals surface area contributed by atoms with Crippen molar-refractivity contribution in [3.05, 3.63) is 119 Å². The number of methoxy groups -OCH3 is 2. The molecule has 2 aliphatic heterocycles. The van der Waals surface area contributed by atoms with Crippen molar-refractivity contribution in [1.29, 1.82) is 0 Å². The third kappa shape index (κ3) is 7.81. The zero-order chi connectivity index (χ0) is 58.0. The molecule has 422 valence electrons. The lowest BCUT2D eigenvalue weighted by molar-refractivity contribution is -0.0199. The van der Waals surface area contributed by atoms with Crippen LogP contribution < -0.4 is 20.1 Å². The number of aromatic amines is 2. The van der Waals surface area contributed by atoms with Crippen LogP contribution in [0.5, 0.6) is 11.5 Å². The first-order chi connectivity index (χ1) is 38.8. The Balaban J connectivity index is 0.000000154. The molecule has 82 heavy (non-hydrogen) atoms. The number of para-hydroxylation sites is 2. The summed E-state index contributed by atoms with van der Waals surface area (Å²) in [6, 6.07) is 26.7. The molecule has 6 aromatic carbocycles. The van der Waals surface area contributed by atoms with Gasteiger partial charge in [-0.3, -0.25) is 29.8 Å². The van der Waals surface area contributed by atoms with E-state index in [0.29, 0.717) is 62.0 Å². The molecule has 4 aromatic heterocycles. The summed E-state index contributed by atoms with van der Waals surface area (Å²) in [5.74, 6) is -0.293. The van der Waals surface area contributed by atoms with Gasteiger partial charge in [0.2, 0.25) is 0 Å². The number of rotatable bonds is 8. The largest absolute Gasteiger partial charge is 0.497 e. The molecule has 1 fully saturated rings. The number of benzene rings is 6. The van der Waals surface area contributed by atoms with Crippen molar-refractivity contribution < 1.29 is 47.7 Å². The fraction of sp³-hybridized carbons (Fsp3) is 0.344. The second-order valence-corrected chi connectivity index (χ2v) is 35.2. The summed E-state index contributed by atoms with van der Waals surface area (Å²) in [6.45, 7) is 22.1. The van der Waals surface area contributed by atoms with Crippen molar-refractivity contribution in [2.75, 3.05) is 14.2 Å². The third-order valence-electron chi connectivity index (χ3n) is 19.0. The number of hydrogen-bond acceptors (Lipinski definition) is 10. The number of aliphatic hydroxyl groups is 2. The second-order valence-electron chi connectivity index (χ2n) is 25.7. The van der Waals surface area contributed by atoms with Gasteiger partial charge in [-0.05, 0) is 91.2 Å². The summed E-state index contributed by atoms with van der Waals surface area (Å²) in [5, 5.41) is 34.2. The Hall–Kier alpha value is -7.59.